The second-order valence-electron chi connectivity index (χ2n) is 10.0. The molecular formula is C38H25F. The maximum Gasteiger partial charge on any atom is 0.123 e. The van der Waals surface area contributed by atoms with E-state index in [0.717, 1.165) is 16.7 Å². The maximum absolute atomic E-state index is 13.3. The smallest absolute Gasteiger partial charge is 0.123 e. The predicted octanol–water partition coefficient (Wildman–Crippen LogP) is 10.8. The summed E-state index contributed by atoms with van der Waals surface area (Å²) in [6.45, 7) is 0. The van der Waals surface area contributed by atoms with Crippen LogP contribution in [0.15, 0.2) is 152 Å². The fourth-order valence-corrected chi connectivity index (χ4v) is 5.33. The molecule has 0 saturated carbocycles. The van der Waals surface area contributed by atoms with E-state index in [2.05, 4.69) is 127 Å². The monoisotopic (exact) mass is 500 g/mol. The lowest BCUT2D eigenvalue weighted by atomic mass is 9.95. The van der Waals surface area contributed by atoms with Crippen molar-refractivity contribution >= 4 is 21.5 Å². The zero-order valence-electron chi connectivity index (χ0n) is 21.3. The summed E-state index contributed by atoms with van der Waals surface area (Å²) >= 11 is 0. The molecule has 0 bridgehead atoms. The van der Waals surface area contributed by atoms with Crippen LogP contribution in [0, 0.1) is 5.82 Å². The van der Waals surface area contributed by atoms with Crippen LogP contribution in [0.2, 0.25) is 0 Å². The van der Waals surface area contributed by atoms with Gasteiger partial charge in [-0.15, -0.1) is 0 Å². The van der Waals surface area contributed by atoms with Crippen molar-refractivity contribution in [2.45, 2.75) is 0 Å². The van der Waals surface area contributed by atoms with E-state index in [-0.39, 0.29) is 5.82 Å². The Kier molecular flexibility index (Phi) is 5.75. The maximum atomic E-state index is 13.3. The van der Waals surface area contributed by atoms with Gasteiger partial charge in [-0.3, -0.25) is 0 Å². The van der Waals surface area contributed by atoms with Gasteiger partial charge in [0.25, 0.3) is 0 Å². The standard InChI is InChI=1S/C38H25F/c39-38-21-19-28(20-22-38)27-5-7-29(8-6-27)34-15-17-37-25-35(16-18-36(37)24-34)31-11-9-30(10-12-31)33-14-13-26-3-1-2-4-32(26)23-33/h1-25H. The van der Waals surface area contributed by atoms with Crippen LogP contribution in [0.25, 0.3) is 66.1 Å². The molecule has 7 aromatic carbocycles. The predicted molar refractivity (Wildman–Crippen MR) is 163 cm³/mol. The molecule has 0 atom stereocenters. The van der Waals surface area contributed by atoms with Crippen LogP contribution in [0.4, 0.5) is 4.39 Å². The molecule has 1 heteroatoms. The topological polar surface area (TPSA) is 0 Å². The summed E-state index contributed by atoms with van der Waals surface area (Å²) in [5.41, 5.74) is 9.31. The third-order valence-corrected chi connectivity index (χ3v) is 7.54. The fourth-order valence-electron chi connectivity index (χ4n) is 5.33. The van der Waals surface area contributed by atoms with Crippen LogP contribution >= 0.6 is 0 Å². The summed E-state index contributed by atoms with van der Waals surface area (Å²) in [6.07, 6.45) is 0. The Hall–Kier alpha value is -5.01. The van der Waals surface area contributed by atoms with Gasteiger partial charge in [0, 0.05) is 0 Å². The minimum atomic E-state index is -0.215. The first kappa shape index (κ1) is 23.1. The first-order valence-corrected chi connectivity index (χ1v) is 13.2. The van der Waals surface area contributed by atoms with E-state index in [4.69, 9.17) is 0 Å². The summed E-state index contributed by atoms with van der Waals surface area (Å²) in [5.74, 6) is -0.215. The van der Waals surface area contributed by atoms with Crippen molar-refractivity contribution in [3.05, 3.63) is 157 Å². The Labute approximate surface area is 227 Å². The Morgan fingerprint density at radius 1 is 0.256 bits per heavy atom. The molecule has 0 aliphatic rings. The van der Waals surface area contributed by atoms with Gasteiger partial charge in [-0.05, 0) is 96.4 Å². The van der Waals surface area contributed by atoms with Gasteiger partial charge in [-0.25, -0.2) is 4.39 Å². The molecule has 184 valence electrons. The number of benzene rings is 7. The molecule has 0 amide bonds. The molecule has 0 fully saturated rings. The summed E-state index contributed by atoms with van der Waals surface area (Å²) in [7, 11) is 0. The van der Waals surface area contributed by atoms with Crippen molar-refractivity contribution in [2.24, 2.45) is 0 Å². The quantitative estimate of drug-likeness (QED) is 0.225. The molecule has 0 radical (unpaired) electrons. The molecule has 0 spiro atoms. The highest BCUT2D eigenvalue weighted by Gasteiger charge is 2.06. The Morgan fingerprint density at radius 3 is 0.974 bits per heavy atom. The van der Waals surface area contributed by atoms with Crippen LogP contribution in [-0.4, -0.2) is 0 Å². The Bertz CT molecular complexity index is 1930. The second-order valence-corrected chi connectivity index (χ2v) is 10.0. The van der Waals surface area contributed by atoms with Gasteiger partial charge in [0.15, 0.2) is 0 Å². The lowest BCUT2D eigenvalue weighted by Gasteiger charge is -2.09. The molecule has 0 heterocycles. The van der Waals surface area contributed by atoms with Crippen LogP contribution in [-0.2, 0) is 0 Å². The van der Waals surface area contributed by atoms with E-state index in [9.17, 15) is 4.39 Å². The fraction of sp³-hybridized carbons (Fsp3) is 0. The Balaban J connectivity index is 1.13. The van der Waals surface area contributed by atoms with E-state index >= 15 is 0 Å². The van der Waals surface area contributed by atoms with Gasteiger partial charge in [0.1, 0.15) is 5.82 Å². The van der Waals surface area contributed by atoms with Crippen LogP contribution < -0.4 is 0 Å². The van der Waals surface area contributed by atoms with Crippen molar-refractivity contribution in [3.8, 4) is 44.5 Å². The summed E-state index contributed by atoms with van der Waals surface area (Å²) in [4.78, 5) is 0. The van der Waals surface area contributed by atoms with E-state index in [0.29, 0.717) is 0 Å². The lowest BCUT2D eigenvalue weighted by molar-refractivity contribution is 0.628. The number of rotatable bonds is 4. The van der Waals surface area contributed by atoms with Crippen LogP contribution in [0.3, 0.4) is 0 Å². The average molecular weight is 501 g/mol. The minimum Gasteiger partial charge on any atom is -0.207 e. The van der Waals surface area contributed by atoms with E-state index in [1.54, 1.807) is 0 Å². The average Bonchev–Trinajstić information content (AvgIpc) is 3.01. The molecule has 0 aliphatic carbocycles. The third-order valence-electron chi connectivity index (χ3n) is 7.54. The largest absolute Gasteiger partial charge is 0.207 e. The van der Waals surface area contributed by atoms with Crippen LogP contribution in [0.5, 0.6) is 0 Å². The summed E-state index contributed by atoms with van der Waals surface area (Å²) in [6, 6.07) is 52.3. The lowest BCUT2D eigenvalue weighted by Crippen LogP contribution is -1.84. The molecular weight excluding hydrogens is 475 g/mol. The van der Waals surface area contributed by atoms with Crippen molar-refractivity contribution in [1.82, 2.24) is 0 Å². The Morgan fingerprint density at radius 2 is 0.538 bits per heavy atom. The zero-order valence-corrected chi connectivity index (χ0v) is 21.3. The van der Waals surface area contributed by atoms with Gasteiger partial charge in [-0.2, -0.15) is 0 Å². The van der Waals surface area contributed by atoms with Gasteiger partial charge in [0.2, 0.25) is 0 Å². The molecule has 0 saturated heterocycles. The molecule has 7 aromatic rings. The highest BCUT2D eigenvalue weighted by atomic mass is 19.1. The minimum absolute atomic E-state index is 0.215. The highest BCUT2D eigenvalue weighted by molar-refractivity contribution is 5.91. The first-order valence-electron chi connectivity index (χ1n) is 13.2. The molecule has 0 N–H and O–H groups in total. The number of fused-ring (bicyclic) bond motifs is 2. The van der Waals surface area contributed by atoms with Gasteiger partial charge < -0.3 is 0 Å². The number of halogens is 1. The third kappa shape index (κ3) is 4.60. The van der Waals surface area contributed by atoms with Crippen molar-refractivity contribution in [3.63, 3.8) is 0 Å². The molecule has 0 aliphatic heterocycles. The number of hydrogen-bond donors (Lipinski definition) is 0. The summed E-state index contributed by atoms with van der Waals surface area (Å²) < 4.78 is 13.3. The zero-order chi connectivity index (χ0) is 26.2. The van der Waals surface area contributed by atoms with Crippen molar-refractivity contribution in [1.29, 1.82) is 0 Å². The number of hydrogen-bond acceptors (Lipinski definition) is 0. The molecule has 7 rings (SSSR count). The SMILES string of the molecule is Fc1ccc(-c2ccc(-c3ccc4cc(-c5ccc(-c6ccc7ccccc7c6)cc5)ccc4c3)cc2)cc1. The van der Waals surface area contributed by atoms with Gasteiger partial charge in [-0.1, -0.05) is 121 Å². The second kappa shape index (κ2) is 9.70. The highest BCUT2D eigenvalue weighted by Crippen LogP contribution is 2.32. The van der Waals surface area contributed by atoms with Gasteiger partial charge in [0.05, 0.1) is 0 Å². The van der Waals surface area contributed by atoms with Gasteiger partial charge >= 0.3 is 0 Å². The molecule has 0 aromatic heterocycles. The molecule has 0 nitrogen and oxygen atoms in total. The normalized spacial score (nSPS) is 11.2. The van der Waals surface area contributed by atoms with E-state index in [1.807, 2.05) is 12.1 Å². The van der Waals surface area contributed by atoms with Crippen molar-refractivity contribution < 1.29 is 4.39 Å². The first-order chi connectivity index (χ1) is 19.2. The van der Waals surface area contributed by atoms with Crippen molar-refractivity contribution in [2.75, 3.05) is 0 Å². The van der Waals surface area contributed by atoms with Crippen LogP contribution in [0.1, 0.15) is 0 Å². The molecule has 0 unspecified atom stereocenters. The summed E-state index contributed by atoms with van der Waals surface area (Å²) in [5, 5.41) is 4.96. The van der Waals surface area contributed by atoms with E-state index in [1.165, 1.54) is 61.5 Å². The molecule has 39 heavy (non-hydrogen) atoms. The van der Waals surface area contributed by atoms with E-state index < -0.39 is 0 Å².